The van der Waals surface area contributed by atoms with E-state index in [-0.39, 0.29) is 23.0 Å². The Morgan fingerprint density at radius 3 is 2.21 bits per heavy atom. The van der Waals surface area contributed by atoms with Crippen LogP contribution in [0.25, 0.3) is 0 Å². The van der Waals surface area contributed by atoms with E-state index in [2.05, 4.69) is 5.32 Å². The highest BCUT2D eigenvalue weighted by Gasteiger charge is 2.33. The molecule has 208 valence electrons. The average molecular weight is 574 g/mol. The third kappa shape index (κ3) is 7.58. The van der Waals surface area contributed by atoms with Crippen molar-refractivity contribution in [3.05, 3.63) is 94.8 Å². The third-order valence-corrected chi connectivity index (χ3v) is 8.39. The minimum absolute atomic E-state index is 0.00159. The molecule has 1 N–H and O–H groups in total. The van der Waals surface area contributed by atoms with Crippen LogP contribution in [0.4, 0.5) is 10.1 Å². The van der Waals surface area contributed by atoms with Gasteiger partial charge in [0.1, 0.15) is 18.4 Å². The van der Waals surface area contributed by atoms with Gasteiger partial charge in [-0.2, -0.15) is 0 Å². The lowest BCUT2D eigenvalue weighted by molar-refractivity contribution is -0.140. The van der Waals surface area contributed by atoms with Crippen LogP contribution in [-0.2, 0) is 26.2 Å². The third-order valence-electron chi connectivity index (χ3n) is 6.24. The van der Waals surface area contributed by atoms with Gasteiger partial charge < -0.3 is 10.2 Å². The standard InChI is InChI=1S/C29H33ClFN3O4S/c1-4-18-32-29(36)27(5-2)33(19-22-8-6-7-9-26(22)30)28(35)20-34(24-14-12-23(31)13-15-24)39(37,38)25-16-10-21(3)11-17-25/h6-17,27H,4-5,18-20H2,1-3H3,(H,32,36). The predicted octanol–water partition coefficient (Wildman–Crippen LogP) is 5.32. The van der Waals surface area contributed by atoms with Crippen molar-refractivity contribution in [2.75, 3.05) is 17.4 Å². The van der Waals surface area contributed by atoms with Gasteiger partial charge in [-0.25, -0.2) is 12.8 Å². The van der Waals surface area contributed by atoms with E-state index in [0.29, 0.717) is 30.0 Å². The van der Waals surface area contributed by atoms with Crippen molar-refractivity contribution in [2.45, 2.75) is 51.1 Å². The van der Waals surface area contributed by atoms with Crippen molar-refractivity contribution in [1.29, 1.82) is 0 Å². The van der Waals surface area contributed by atoms with Crippen LogP contribution in [0.1, 0.15) is 37.8 Å². The van der Waals surface area contributed by atoms with E-state index in [1.807, 2.05) is 13.8 Å². The molecule has 0 aliphatic rings. The average Bonchev–Trinajstić information content (AvgIpc) is 2.92. The second kappa shape index (κ2) is 13.6. The Hall–Kier alpha value is -3.43. The summed E-state index contributed by atoms with van der Waals surface area (Å²) in [6, 6.07) is 17.2. The molecule has 0 bridgehead atoms. The van der Waals surface area contributed by atoms with Crippen molar-refractivity contribution < 1.29 is 22.4 Å². The molecule has 3 aromatic rings. The number of benzene rings is 3. The smallest absolute Gasteiger partial charge is 0.264 e. The number of nitrogens with zero attached hydrogens (tertiary/aromatic N) is 2. The molecule has 0 radical (unpaired) electrons. The summed E-state index contributed by atoms with van der Waals surface area (Å²) in [7, 11) is -4.22. The molecule has 0 fully saturated rings. The van der Waals surface area contributed by atoms with Gasteiger partial charge in [-0.15, -0.1) is 0 Å². The van der Waals surface area contributed by atoms with Crippen LogP contribution in [0.2, 0.25) is 5.02 Å². The fraction of sp³-hybridized carbons (Fsp3) is 0.310. The normalized spacial score (nSPS) is 12.0. The first-order valence-corrected chi connectivity index (χ1v) is 14.6. The number of halogens is 2. The summed E-state index contributed by atoms with van der Waals surface area (Å²) in [5.41, 5.74) is 1.60. The van der Waals surface area contributed by atoms with Crippen LogP contribution in [0, 0.1) is 12.7 Å². The van der Waals surface area contributed by atoms with Crippen molar-refractivity contribution in [3.63, 3.8) is 0 Å². The van der Waals surface area contributed by atoms with Gasteiger partial charge >= 0.3 is 0 Å². The molecule has 0 aliphatic carbocycles. The molecule has 0 spiro atoms. The van der Waals surface area contributed by atoms with Gasteiger partial charge in [0.05, 0.1) is 10.6 Å². The highest BCUT2D eigenvalue weighted by molar-refractivity contribution is 7.92. The summed E-state index contributed by atoms with van der Waals surface area (Å²) in [6.07, 6.45) is 1.01. The highest BCUT2D eigenvalue weighted by Crippen LogP contribution is 2.26. The molecule has 7 nitrogen and oxygen atoms in total. The zero-order chi connectivity index (χ0) is 28.6. The summed E-state index contributed by atoms with van der Waals surface area (Å²) in [5, 5.41) is 3.25. The van der Waals surface area contributed by atoms with Gasteiger partial charge in [-0.05, 0) is 67.8 Å². The first kappa shape index (κ1) is 30.1. The molecule has 0 aromatic heterocycles. The van der Waals surface area contributed by atoms with Gasteiger partial charge in [0.2, 0.25) is 11.8 Å². The topological polar surface area (TPSA) is 86.8 Å². The number of sulfonamides is 1. The summed E-state index contributed by atoms with van der Waals surface area (Å²) in [4.78, 5) is 28.4. The Bertz CT molecular complexity index is 1380. The maximum absolute atomic E-state index is 13.9. The number of anilines is 1. The van der Waals surface area contributed by atoms with E-state index in [4.69, 9.17) is 11.6 Å². The van der Waals surface area contributed by atoms with E-state index >= 15 is 0 Å². The van der Waals surface area contributed by atoms with Gasteiger partial charge in [0, 0.05) is 18.1 Å². The van der Waals surface area contributed by atoms with E-state index in [1.54, 1.807) is 43.3 Å². The molecule has 0 heterocycles. The lowest BCUT2D eigenvalue weighted by Gasteiger charge is -2.33. The number of carbonyl (C=O) groups is 2. The number of amides is 2. The van der Waals surface area contributed by atoms with Gasteiger partial charge in [-0.1, -0.05) is 61.3 Å². The Balaban J connectivity index is 2.05. The summed E-state index contributed by atoms with van der Waals surface area (Å²) >= 11 is 6.39. The van der Waals surface area contributed by atoms with Crippen LogP contribution in [0.15, 0.2) is 77.7 Å². The minimum Gasteiger partial charge on any atom is -0.354 e. The number of rotatable bonds is 12. The summed E-state index contributed by atoms with van der Waals surface area (Å²) < 4.78 is 42.2. The Morgan fingerprint density at radius 1 is 0.974 bits per heavy atom. The molecule has 1 atom stereocenters. The van der Waals surface area contributed by atoms with E-state index < -0.39 is 34.3 Å². The fourth-order valence-electron chi connectivity index (χ4n) is 4.07. The first-order valence-electron chi connectivity index (χ1n) is 12.7. The van der Waals surface area contributed by atoms with Crippen molar-refractivity contribution in [2.24, 2.45) is 0 Å². The summed E-state index contributed by atoms with van der Waals surface area (Å²) in [5.74, 6) is -1.49. The molecule has 3 aromatic carbocycles. The molecule has 0 saturated carbocycles. The van der Waals surface area contributed by atoms with Crippen LogP contribution < -0.4 is 9.62 Å². The second-order valence-electron chi connectivity index (χ2n) is 9.13. The molecule has 3 rings (SSSR count). The highest BCUT2D eigenvalue weighted by atomic mass is 35.5. The Morgan fingerprint density at radius 2 is 1.62 bits per heavy atom. The predicted molar refractivity (Wildman–Crippen MR) is 151 cm³/mol. The molecule has 2 amide bonds. The molecular formula is C29H33ClFN3O4S. The van der Waals surface area contributed by atoms with Gasteiger partial charge in [-0.3, -0.25) is 13.9 Å². The summed E-state index contributed by atoms with van der Waals surface area (Å²) in [6.45, 7) is 5.36. The maximum Gasteiger partial charge on any atom is 0.264 e. The monoisotopic (exact) mass is 573 g/mol. The zero-order valence-corrected chi connectivity index (χ0v) is 23.8. The van der Waals surface area contributed by atoms with Crippen molar-refractivity contribution in [3.8, 4) is 0 Å². The quantitative estimate of drug-likeness (QED) is 0.318. The fourth-order valence-corrected chi connectivity index (χ4v) is 5.68. The van der Waals surface area contributed by atoms with Gasteiger partial charge in [0.15, 0.2) is 0 Å². The lowest BCUT2D eigenvalue weighted by atomic mass is 10.1. The zero-order valence-electron chi connectivity index (χ0n) is 22.2. The number of carbonyl (C=O) groups excluding carboxylic acids is 2. The van der Waals surface area contributed by atoms with Crippen LogP contribution >= 0.6 is 11.6 Å². The number of aryl methyl sites for hydroxylation is 1. The van der Waals surface area contributed by atoms with Crippen LogP contribution in [-0.4, -0.2) is 44.3 Å². The van der Waals surface area contributed by atoms with Crippen LogP contribution in [0.5, 0.6) is 0 Å². The molecular weight excluding hydrogens is 541 g/mol. The Labute approximate surface area is 234 Å². The minimum atomic E-state index is -4.22. The maximum atomic E-state index is 13.9. The molecule has 1 unspecified atom stereocenters. The molecule has 10 heteroatoms. The molecule has 39 heavy (non-hydrogen) atoms. The van der Waals surface area contributed by atoms with E-state index in [1.165, 1.54) is 29.2 Å². The Kier molecular flexibility index (Phi) is 10.5. The number of hydrogen-bond donors (Lipinski definition) is 1. The van der Waals surface area contributed by atoms with E-state index in [0.717, 1.165) is 22.0 Å². The molecule has 0 aliphatic heterocycles. The van der Waals surface area contributed by atoms with E-state index in [9.17, 15) is 22.4 Å². The number of nitrogens with one attached hydrogen (secondary N) is 1. The molecule has 0 saturated heterocycles. The lowest BCUT2D eigenvalue weighted by Crippen LogP contribution is -2.52. The number of hydrogen-bond acceptors (Lipinski definition) is 4. The van der Waals surface area contributed by atoms with Crippen molar-refractivity contribution >= 4 is 39.1 Å². The second-order valence-corrected chi connectivity index (χ2v) is 11.4. The van der Waals surface area contributed by atoms with Crippen molar-refractivity contribution in [1.82, 2.24) is 10.2 Å². The van der Waals surface area contributed by atoms with Gasteiger partial charge in [0.25, 0.3) is 10.0 Å². The SMILES string of the molecule is CCCNC(=O)C(CC)N(Cc1ccccc1Cl)C(=O)CN(c1ccc(F)cc1)S(=O)(=O)c1ccc(C)cc1. The first-order chi connectivity index (χ1) is 18.6. The van der Waals surface area contributed by atoms with Crippen LogP contribution in [0.3, 0.4) is 0 Å². The largest absolute Gasteiger partial charge is 0.354 e.